The van der Waals surface area contributed by atoms with Crippen LogP contribution in [0.5, 0.6) is 0 Å². The van der Waals surface area contributed by atoms with Crippen LogP contribution in [-0.4, -0.2) is 31.0 Å². The van der Waals surface area contributed by atoms with Crippen molar-refractivity contribution in [2.75, 3.05) is 6.54 Å². The number of aromatic nitrogens is 1. The van der Waals surface area contributed by atoms with Crippen LogP contribution in [0, 0.1) is 23.2 Å². The Balaban J connectivity index is 1.42. The summed E-state index contributed by atoms with van der Waals surface area (Å²) in [6, 6.07) is 4.21. The van der Waals surface area contributed by atoms with Gasteiger partial charge in [0.05, 0.1) is 4.90 Å². The lowest BCUT2D eigenvalue weighted by molar-refractivity contribution is -0.0487. The molecule has 154 valence electrons. The van der Waals surface area contributed by atoms with Gasteiger partial charge in [0.2, 0.25) is 15.5 Å². The van der Waals surface area contributed by atoms with Gasteiger partial charge in [-0.25, -0.2) is 17.9 Å². The molecule has 4 bridgehead atoms. The number of H-pyrrole nitrogens is 1. The summed E-state index contributed by atoms with van der Waals surface area (Å²) in [5.74, 6) is 0.861. The molecule has 7 nitrogen and oxygen atoms in total. The van der Waals surface area contributed by atoms with Crippen molar-refractivity contribution in [2.45, 2.75) is 43.4 Å². The fourth-order valence-corrected chi connectivity index (χ4v) is 7.54. The monoisotopic (exact) mass is 416 g/mol. The summed E-state index contributed by atoms with van der Waals surface area (Å²) in [6.45, 7) is 0.433. The molecule has 4 saturated carbocycles. The molecule has 0 saturated heterocycles. The van der Waals surface area contributed by atoms with E-state index in [0.29, 0.717) is 12.1 Å². The second-order valence-electron chi connectivity index (χ2n) is 9.29. The highest BCUT2D eigenvalue weighted by Crippen LogP contribution is 2.59. The molecular weight excluding hydrogens is 392 g/mol. The highest BCUT2D eigenvalue weighted by molar-refractivity contribution is 7.89. The number of nitrogens with one attached hydrogen (secondary N) is 2. The molecule has 1 aromatic carbocycles. The molecule has 1 aromatic heterocycles. The lowest BCUT2D eigenvalue weighted by Gasteiger charge is -2.56. The number of hydrogen-bond donors (Lipinski definition) is 3. The van der Waals surface area contributed by atoms with Crippen molar-refractivity contribution in [3.05, 3.63) is 40.2 Å². The summed E-state index contributed by atoms with van der Waals surface area (Å²) < 4.78 is 28.7. The van der Waals surface area contributed by atoms with Gasteiger partial charge in [0.25, 0.3) is 0 Å². The first-order valence-electron chi connectivity index (χ1n) is 10.1. The molecule has 1 heterocycles. The molecule has 0 spiro atoms. The Hall–Kier alpha value is -2.19. The third-order valence-corrected chi connectivity index (χ3v) is 8.59. The average Bonchev–Trinajstić information content (AvgIpc) is 2.65. The summed E-state index contributed by atoms with van der Waals surface area (Å²) in [6.07, 6.45) is 8.32. The third kappa shape index (κ3) is 3.18. The highest BCUT2D eigenvalue weighted by Gasteiger charge is 2.50. The van der Waals surface area contributed by atoms with Crippen LogP contribution < -0.4 is 10.2 Å². The Labute approximate surface area is 168 Å². The lowest BCUT2D eigenvalue weighted by Crippen LogP contribution is -2.51. The summed E-state index contributed by atoms with van der Waals surface area (Å²) in [7, 11) is -3.80. The molecule has 0 radical (unpaired) electrons. The van der Waals surface area contributed by atoms with E-state index in [1.54, 1.807) is 0 Å². The number of hydrogen-bond acceptors (Lipinski definition) is 4. The third-order valence-electron chi connectivity index (χ3n) is 7.20. The van der Waals surface area contributed by atoms with Crippen LogP contribution in [0.2, 0.25) is 0 Å². The minimum absolute atomic E-state index is 0.0113. The maximum absolute atomic E-state index is 13.0. The predicted octanol–water partition coefficient (Wildman–Crippen LogP) is 2.72. The van der Waals surface area contributed by atoms with Crippen LogP contribution in [0.25, 0.3) is 10.9 Å². The summed E-state index contributed by atoms with van der Waals surface area (Å²) >= 11 is 0. The van der Waals surface area contributed by atoms with Crippen molar-refractivity contribution in [3.8, 4) is 0 Å². The minimum atomic E-state index is -3.80. The number of rotatable bonds is 5. The summed E-state index contributed by atoms with van der Waals surface area (Å²) in [5.41, 5.74) is -0.634. The number of carboxylic acids is 1. The largest absolute Gasteiger partial charge is 0.477 e. The van der Waals surface area contributed by atoms with Crippen molar-refractivity contribution in [1.82, 2.24) is 9.71 Å². The number of pyridine rings is 1. The van der Waals surface area contributed by atoms with Gasteiger partial charge >= 0.3 is 5.97 Å². The molecule has 4 aliphatic rings. The quantitative estimate of drug-likeness (QED) is 0.693. The van der Waals surface area contributed by atoms with Crippen LogP contribution in [-0.2, 0) is 10.0 Å². The molecule has 3 N–H and O–H groups in total. The number of aromatic carboxylic acids is 1. The highest BCUT2D eigenvalue weighted by atomic mass is 32.2. The van der Waals surface area contributed by atoms with Crippen molar-refractivity contribution in [3.63, 3.8) is 0 Å². The average molecular weight is 416 g/mol. The van der Waals surface area contributed by atoms with Gasteiger partial charge in [-0.15, -0.1) is 0 Å². The molecule has 0 amide bonds. The zero-order valence-corrected chi connectivity index (χ0v) is 16.8. The van der Waals surface area contributed by atoms with E-state index in [2.05, 4.69) is 9.71 Å². The number of benzene rings is 1. The molecule has 8 heteroatoms. The Morgan fingerprint density at radius 3 is 2.34 bits per heavy atom. The van der Waals surface area contributed by atoms with E-state index in [0.717, 1.165) is 43.2 Å². The van der Waals surface area contributed by atoms with Gasteiger partial charge in [0, 0.05) is 23.6 Å². The Bertz CT molecular complexity index is 1130. The molecule has 0 atom stereocenters. The fourth-order valence-electron chi connectivity index (χ4n) is 6.36. The van der Waals surface area contributed by atoms with Crippen LogP contribution in [0.3, 0.4) is 0 Å². The molecule has 4 aliphatic carbocycles. The fraction of sp³-hybridized carbons (Fsp3) is 0.524. The molecule has 6 rings (SSSR count). The summed E-state index contributed by atoms with van der Waals surface area (Å²) in [4.78, 5) is 26.4. The van der Waals surface area contributed by atoms with Crippen molar-refractivity contribution < 1.29 is 18.3 Å². The van der Waals surface area contributed by atoms with E-state index in [-0.39, 0.29) is 15.7 Å². The standard InChI is InChI=1S/C21H24N2O5S/c24-19-16-6-15(1-2-18(16)22-10-17(19)20(25)26)29(27,28)23-11-21-7-12-3-13(8-21)5-14(4-12)9-21/h1-2,6,10,12-14,23H,3-5,7-9,11H2,(H,22,24)(H,25,26). The molecule has 2 aromatic rings. The van der Waals surface area contributed by atoms with Crippen LogP contribution in [0.4, 0.5) is 0 Å². The number of aromatic amines is 1. The van der Waals surface area contributed by atoms with Gasteiger partial charge in [0.1, 0.15) is 5.56 Å². The molecule has 0 unspecified atom stereocenters. The van der Waals surface area contributed by atoms with Gasteiger partial charge < -0.3 is 10.1 Å². The van der Waals surface area contributed by atoms with E-state index in [1.165, 1.54) is 37.5 Å². The zero-order chi connectivity index (χ0) is 20.4. The van der Waals surface area contributed by atoms with Gasteiger partial charge in [-0.2, -0.15) is 0 Å². The zero-order valence-electron chi connectivity index (χ0n) is 16.0. The lowest BCUT2D eigenvalue weighted by atomic mass is 9.50. The van der Waals surface area contributed by atoms with Crippen LogP contribution in [0.1, 0.15) is 48.9 Å². The first-order chi connectivity index (χ1) is 13.7. The molecular formula is C21H24N2O5S. The van der Waals surface area contributed by atoms with Gasteiger partial charge in [0.15, 0.2) is 0 Å². The maximum Gasteiger partial charge on any atom is 0.341 e. The SMILES string of the molecule is O=C(O)c1c[nH]c2ccc(S(=O)(=O)NCC34CC5CC(CC(C5)C3)C4)cc2c1=O. The van der Waals surface area contributed by atoms with Gasteiger partial charge in [-0.05, 0) is 79.9 Å². The molecule has 4 fully saturated rings. The van der Waals surface area contributed by atoms with Gasteiger partial charge in [-0.1, -0.05) is 0 Å². The van der Waals surface area contributed by atoms with Crippen molar-refractivity contribution in [1.29, 1.82) is 0 Å². The van der Waals surface area contributed by atoms with E-state index in [9.17, 15) is 18.0 Å². The predicted molar refractivity (Wildman–Crippen MR) is 107 cm³/mol. The molecule has 29 heavy (non-hydrogen) atoms. The normalized spacial score (nSPS) is 30.7. The topological polar surface area (TPSA) is 116 Å². The Morgan fingerprint density at radius 1 is 1.14 bits per heavy atom. The first-order valence-corrected chi connectivity index (χ1v) is 11.6. The van der Waals surface area contributed by atoms with Crippen LogP contribution in [0.15, 0.2) is 34.1 Å². The van der Waals surface area contributed by atoms with Crippen molar-refractivity contribution >= 4 is 26.9 Å². The van der Waals surface area contributed by atoms with Crippen LogP contribution >= 0.6 is 0 Å². The number of carbonyl (C=O) groups is 1. The van der Waals surface area contributed by atoms with E-state index in [1.807, 2.05) is 0 Å². The second-order valence-corrected chi connectivity index (χ2v) is 11.1. The Morgan fingerprint density at radius 2 is 1.76 bits per heavy atom. The minimum Gasteiger partial charge on any atom is -0.477 e. The maximum atomic E-state index is 13.0. The van der Waals surface area contributed by atoms with E-state index >= 15 is 0 Å². The second kappa shape index (κ2) is 6.40. The first kappa shape index (κ1) is 18.8. The number of carboxylic acid groups (broad SMARTS) is 1. The molecule has 0 aliphatic heterocycles. The van der Waals surface area contributed by atoms with E-state index < -0.39 is 27.0 Å². The Kier molecular flexibility index (Phi) is 4.15. The van der Waals surface area contributed by atoms with Gasteiger partial charge in [-0.3, -0.25) is 4.79 Å². The smallest absolute Gasteiger partial charge is 0.341 e. The summed E-state index contributed by atoms with van der Waals surface area (Å²) in [5, 5.41) is 9.20. The van der Waals surface area contributed by atoms with Crippen molar-refractivity contribution in [2.24, 2.45) is 23.2 Å². The van der Waals surface area contributed by atoms with E-state index in [4.69, 9.17) is 5.11 Å². The number of fused-ring (bicyclic) bond motifs is 1. The number of sulfonamides is 1.